The van der Waals surface area contributed by atoms with E-state index in [2.05, 4.69) is 15.3 Å². The Morgan fingerprint density at radius 3 is 2.72 bits per heavy atom. The fourth-order valence-electron chi connectivity index (χ4n) is 1.24. The lowest BCUT2D eigenvalue weighted by molar-refractivity contribution is -0.139. The molecule has 0 saturated heterocycles. The zero-order chi connectivity index (χ0) is 13.5. The zero-order valence-corrected chi connectivity index (χ0v) is 9.83. The number of rotatable bonds is 5. The SMILES string of the molecule is C/C=C/CC(NC(=O)c1nccnc1N)C(=O)O. The molecule has 1 unspecified atom stereocenters. The molecule has 0 aliphatic heterocycles. The molecule has 7 nitrogen and oxygen atoms in total. The van der Waals surface area contributed by atoms with E-state index in [0.717, 1.165) is 0 Å². The summed E-state index contributed by atoms with van der Waals surface area (Å²) in [5, 5.41) is 11.3. The third-order valence-electron chi connectivity index (χ3n) is 2.15. The first-order valence-corrected chi connectivity index (χ1v) is 5.27. The molecule has 18 heavy (non-hydrogen) atoms. The fourth-order valence-corrected chi connectivity index (χ4v) is 1.24. The van der Waals surface area contributed by atoms with E-state index in [9.17, 15) is 9.59 Å². The first kappa shape index (κ1) is 13.6. The van der Waals surface area contributed by atoms with Crippen LogP contribution in [0.15, 0.2) is 24.5 Å². The topological polar surface area (TPSA) is 118 Å². The molecule has 0 bridgehead atoms. The van der Waals surface area contributed by atoms with E-state index in [4.69, 9.17) is 10.8 Å². The van der Waals surface area contributed by atoms with Gasteiger partial charge in [-0.25, -0.2) is 14.8 Å². The van der Waals surface area contributed by atoms with Crippen molar-refractivity contribution in [1.29, 1.82) is 0 Å². The minimum atomic E-state index is -1.12. The van der Waals surface area contributed by atoms with E-state index in [1.807, 2.05) is 0 Å². The van der Waals surface area contributed by atoms with Crippen LogP contribution in [0, 0.1) is 0 Å². The van der Waals surface area contributed by atoms with Crippen molar-refractivity contribution in [2.45, 2.75) is 19.4 Å². The van der Waals surface area contributed by atoms with Crippen LogP contribution in [0.3, 0.4) is 0 Å². The number of amides is 1. The largest absolute Gasteiger partial charge is 0.480 e. The molecule has 1 aromatic heterocycles. The van der Waals surface area contributed by atoms with Crippen molar-refractivity contribution in [2.24, 2.45) is 0 Å². The quantitative estimate of drug-likeness (QED) is 0.643. The maximum atomic E-state index is 11.8. The highest BCUT2D eigenvalue weighted by Gasteiger charge is 2.21. The third kappa shape index (κ3) is 3.55. The highest BCUT2D eigenvalue weighted by atomic mass is 16.4. The van der Waals surface area contributed by atoms with Crippen molar-refractivity contribution in [3.63, 3.8) is 0 Å². The maximum absolute atomic E-state index is 11.8. The predicted octanol–water partition coefficient (Wildman–Crippen LogP) is 0.208. The number of nitrogen functional groups attached to an aromatic ring is 1. The monoisotopic (exact) mass is 250 g/mol. The number of hydrogen-bond donors (Lipinski definition) is 3. The van der Waals surface area contributed by atoms with Crippen molar-refractivity contribution in [2.75, 3.05) is 5.73 Å². The number of hydrogen-bond acceptors (Lipinski definition) is 5. The fraction of sp³-hybridized carbons (Fsp3) is 0.273. The van der Waals surface area contributed by atoms with Crippen LogP contribution in [0.2, 0.25) is 0 Å². The van der Waals surface area contributed by atoms with Gasteiger partial charge in [0.15, 0.2) is 11.5 Å². The summed E-state index contributed by atoms with van der Waals surface area (Å²) in [5.41, 5.74) is 5.40. The van der Waals surface area contributed by atoms with Gasteiger partial charge in [-0.05, 0) is 13.3 Å². The standard InChI is InChI=1S/C11H14N4O3/c1-2-3-4-7(11(17)18)15-10(16)8-9(12)14-6-5-13-8/h2-3,5-7H,4H2,1H3,(H2,12,14)(H,15,16)(H,17,18)/b3-2+. The summed E-state index contributed by atoms with van der Waals surface area (Å²) in [6.45, 7) is 1.77. The smallest absolute Gasteiger partial charge is 0.326 e. The molecular formula is C11H14N4O3. The number of aromatic nitrogens is 2. The molecule has 0 aromatic carbocycles. The molecule has 7 heteroatoms. The third-order valence-corrected chi connectivity index (χ3v) is 2.15. The maximum Gasteiger partial charge on any atom is 0.326 e. The van der Waals surface area contributed by atoms with Gasteiger partial charge in [0.25, 0.3) is 5.91 Å². The average molecular weight is 250 g/mol. The van der Waals surface area contributed by atoms with Gasteiger partial charge in [0.2, 0.25) is 0 Å². The van der Waals surface area contributed by atoms with Gasteiger partial charge in [-0.15, -0.1) is 0 Å². The minimum Gasteiger partial charge on any atom is -0.480 e. The Morgan fingerprint density at radius 2 is 2.17 bits per heavy atom. The van der Waals surface area contributed by atoms with Crippen molar-refractivity contribution in [3.8, 4) is 0 Å². The van der Waals surface area contributed by atoms with Crippen molar-refractivity contribution in [1.82, 2.24) is 15.3 Å². The number of nitrogens with one attached hydrogen (secondary N) is 1. The van der Waals surface area contributed by atoms with Gasteiger partial charge in [0.05, 0.1) is 0 Å². The number of allylic oxidation sites excluding steroid dienone is 1. The average Bonchev–Trinajstić information content (AvgIpc) is 2.34. The van der Waals surface area contributed by atoms with Crippen LogP contribution in [-0.4, -0.2) is 33.0 Å². The Morgan fingerprint density at radius 1 is 1.50 bits per heavy atom. The molecule has 0 fully saturated rings. The van der Waals surface area contributed by atoms with Crippen LogP contribution in [0.1, 0.15) is 23.8 Å². The van der Waals surface area contributed by atoms with E-state index in [1.165, 1.54) is 12.4 Å². The van der Waals surface area contributed by atoms with Crippen LogP contribution in [0.5, 0.6) is 0 Å². The van der Waals surface area contributed by atoms with Gasteiger partial charge in [-0.3, -0.25) is 4.79 Å². The highest BCUT2D eigenvalue weighted by Crippen LogP contribution is 2.04. The molecule has 4 N–H and O–H groups in total. The summed E-state index contributed by atoms with van der Waals surface area (Å²) >= 11 is 0. The summed E-state index contributed by atoms with van der Waals surface area (Å²) in [6.07, 6.45) is 6.21. The van der Waals surface area contributed by atoms with E-state index in [1.54, 1.807) is 19.1 Å². The molecule has 1 aromatic rings. The van der Waals surface area contributed by atoms with Crippen LogP contribution in [-0.2, 0) is 4.79 Å². The van der Waals surface area contributed by atoms with E-state index >= 15 is 0 Å². The van der Waals surface area contributed by atoms with Gasteiger partial charge in [-0.2, -0.15) is 0 Å². The van der Waals surface area contributed by atoms with E-state index < -0.39 is 17.9 Å². The van der Waals surface area contributed by atoms with Crippen LogP contribution >= 0.6 is 0 Å². The second kappa shape index (κ2) is 6.33. The molecule has 0 aliphatic rings. The van der Waals surface area contributed by atoms with Crippen molar-refractivity contribution >= 4 is 17.7 Å². The summed E-state index contributed by atoms with van der Waals surface area (Å²) in [6, 6.07) is -1.02. The lowest BCUT2D eigenvalue weighted by Gasteiger charge is -2.12. The summed E-state index contributed by atoms with van der Waals surface area (Å²) in [4.78, 5) is 30.2. The normalized spacial score (nSPS) is 12.3. The summed E-state index contributed by atoms with van der Waals surface area (Å²) in [7, 11) is 0. The van der Waals surface area contributed by atoms with Crippen LogP contribution < -0.4 is 11.1 Å². The Labute approximate surface area is 104 Å². The lowest BCUT2D eigenvalue weighted by atomic mass is 10.2. The number of carbonyl (C=O) groups is 2. The molecule has 1 rings (SSSR count). The molecule has 1 heterocycles. The number of nitrogens with two attached hydrogens (primary N) is 1. The number of aliphatic carboxylic acids is 1. The number of carboxylic acids is 1. The minimum absolute atomic E-state index is 0.0369. The molecule has 96 valence electrons. The molecule has 0 spiro atoms. The first-order valence-electron chi connectivity index (χ1n) is 5.27. The summed E-state index contributed by atoms with van der Waals surface area (Å²) < 4.78 is 0. The molecule has 0 radical (unpaired) electrons. The van der Waals surface area contributed by atoms with Crippen LogP contribution in [0.25, 0.3) is 0 Å². The van der Waals surface area contributed by atoms with Gasteiger partial charge >= 0.3 is 5.97 Å². The van der Waals surface area contributed by atoms with Crippen molar-refractivity contribution in [3.05, 3.63) is 30.2 Å². The molecule has 1 amide bonds. The number of carbonyl (C=O) groups excluding carboxylic acids is 1. The van der Waals surface area contributed by atoms with E-state index in [0.29, 0.717) is 0 Å². The van der Waals surface area contributed by atoms with E-state index in [-0.39, 0.29) is 17.9 Å². The molecular weight excluding hydrogens is 236 g/mol. The summed E-state index contributed by atoms with van der Waals surface area (Å²) in [5.74, 6) is -1.81. The predicted molar refractivity (Wildman–Crippen MR) is 64.8 cm³/mol. The second-order valence-corrected chi connectivity index (χ2v) is 3.46. The van der Waals surface area contributed by atoms with Gasteiger partial charge in [0, 0.05) is 12.4 Å². The second-order valence-electron chi connectivity index (χ2n) is 3.46. The number of anilines is 1. The molecule has 0 aliphatic carbocycles. The van der Waals surface area contributed by atoms with Crippen molar-refractivity contribution < 1.29 is 14.7 Å². The Kier molecular flexibility index (Phi) is 4.79. The Balaban J connectivity index is 2.79. The Hall–Kier alpha value is -2.44. The van der Waals surface area contributed by atoms with Gasteiger partial charge < -0.3 is 16.2 Å². The number of nitrogens with zero attached hydrogens (tertiary/aromatic N) is 2. The van der Waals surface area contributed by atoms with Crippen LogP contribution in [0.4, 0.5) is 5.82 Å². The molecule has 1 atom stereocenters. The number of carboxylic acid groups (broad SMARTS) is 1. The van der Waals surface area contributed by atoms with Gasteiger partial charge in [-0.1, -0.05) is 12.2 Å². The zero-order valence-electron chi connectivity index (χ0n) is 9.83. The Bertz CT molecular complexity index is 473. The highest BCUT2D eigenvalue weighted by molar-refractivity contribution is 5.98. The first-order chi connectivity index (χ1) is 8.56. The van der Waals surface area contributed by atoms with Gasteiger partial charge in [0.1, 0.15) is 6.04 Å². The molecule has 0 saturated carbocycles. The lowest BCUT2D eigenvalue weighted by Crippen LogP contribution is -2.41.